The quantitative estimate of drug-likeness (QED) is 0.521. The van der Waals surface area contributed by atoms with Crippen LogP contribution in [0.15, 0.2) is 0 Å². The second-order valence-electron chi connectivity index (χ2n) is 3.22. The third kappa shape index (κ3) is 7.73. The van der Waals surface area contributed by atoms with E-state index in [0.29, 0.717) is 0 Å². The molecule has 0 spiro atoms. The molecule has 0 fully saturated rings. The van der Waals surface area contributed by atoms with Gasteiger partial charge in [0.25, 0.3) is 0 Å². The van der Waals surface area contributed by atoms with Crippen LogP contribution in [0.1, 0.15) is 12.8 Å². The topological polar surface area (TPSA) is 113 Å². The SMILES string of the molecule is COC(=O)CCCN(CP(=O)(O)O)C(=O)OC. The summed E-state index contributed by atoms with van der Waals surface area (Å²) in [6, 6.07) is 0. The molecule has 9 heteroatoms. The van der Waals surface area contributed by atoms with Crippen molar-refractivity contribution in [2.24, 2.45) is 0 Å². The summed E-state index contributed by atoms with van der Waals surface area (Å²) in [5, 5.41) is 0. The number of hydrogen-bond donors (Lipinski definition) is 2. The predicted molar refractivity (Wildman–Crippen MR) is 57.3 cm³/mol. The molecule has 0 aliphatic carbocycles. The van der Waals surface area contributed by atoms with Gasteiger partial charge in [-0.05, 0) is 6.42 Å². The Balaban J connectivity index is 4.26. The minimum atomic E-state index is -4.35. The minimum Gasteiger partial charge on any atom is -0.469 e. The number of hydrogen-bond acceptors (Lipinski definition) is 5. The van der Waals surface area contributed by atoms with Crippen molar-refractivity contribution in [2.75, 3.05) is 27.1 Å². The molecule has 0 aromatic heterocycles. The molecule has 0 aromatic carbocycles. The fourth-order valence-electron chi connectivity index (χ4n) is 1.09. The molecule has 0 aliphatic rings. The molecule has 2 N–H and O–H groups in total. The summed E-state index contributed by atoms with van der Waals surface area (Å²) in [5.41, 5.74) is 0. The number of ether oxygens (including phenoxy) is 2. The van der Waals surface area contributed by atoms with Crippen LogP contribution in [0.25, 0.3) is 0 Å². The maximum atomic E-state index is 11.2. The average molecular weight is 269 g/mol. The van der Waals surface area contributed by atoms with Gasteiger partial charge < -0.3 is 19.3 Å². The molecule has 100 valence electrons. The molecule has 0 radical (unpaired) electrons. The van der Waals surface area contributed by atoms with E-state index in [0.717, 1.165) is 12.0 Å². The van der Waals surface area contributed by atoms with Gasteiger partial charge in [-0.2, -0.15) is 0 Å². The Hall–Kier alpha value is -1.11. The van der Waals surface area contributed by atoms with E-state index in [2.05, 4.69) is 9.47 Å². The molecule has 1 amide bonds. The van der Waals surface area contributed by atoms with Gasteiger partial charge in [0, 0.05) is 13.0 Å². The average Bonchev–Trinajstić information content (AvgIpc) is 2.24. The van der Waals surface area contributed by atoms with Crippen LogP contribution in [0.5, 0.6) is 0 Å². The zero-order chi connectivity index (χ0) is 13.5. The first-order chi connectivity index (χ1) is 7.80. The Morgan fingerprint density at radius 2 is 1.82 bits per heavy atom. The van der Waals surface area contributed by atoms with E-state index in [4.69, 9.17) is 9.79 Å². The van der Waals surface area contributed by atoms with Gasteiger partial charge in [-0.3, -0.25) is 14.3 Å². The number of rotatable bonds is 6. The standard InChI is InChI=1S/C8H16NO7P/c1-15-7(10)4-3-5-9(8(11)16-2)6-17(12,13)14/h3-6H2,1-2H3,(H2,12,13,14). The Morgan fingerprint density at radius 1 is 1.24 bits per heavy atom. The zero-order valence-corrected chi connectivity index (χ0v) is 10.6. The molecular formula is C8H16NO7P. The highest BCUT2D eigenvalue weighted by Gasteiger charge is 2.23. The monoisotopic (exact) mass is 269 g/mol. The van der Waals surface area contributed by atoms with E-state index in [1.54, 1.807) is 0 Å². The lowest BCUT2D eigenvalue weighted by atomic mass is 10.3. The van der Waals surface area contributed by atoms with E-state index in [1.165, 1.54) is 7.11 Å². The van der Waals surface area contributed by atoms with Crippen molar-refractivity contribution in [1.29, 1.82) is 0 Å². The number of amides is 1. The lowest BCUT2D eigenvalue weighted by molar-refractivity contribution is -0.140. The van der Waals surface area contributed by atoms with E-state index in [9.17, 15) is 14.2 Å². The lowest BCUT2D eigenvalue weighted by Crippen LogP contribution is -2.33. The third-order valence-corrected chi connectivity index (χ3v) is 2.53. The van der Waals surface area contributed by atoms with Crippen LogP contribution in [0, 0.1) is 0 Å². The van der Waals surface area contributed by atoms with Gasteiger partial charge in [0.1, 0.15) is 6.29 Å². The van der Waals surface area contributed by atoms with Gasteiger partial charge in [-0.1, -0.05) is 0 Å². The summed E-state index contributed by atoms with van der Waals surface area (Å²) in [7, 11) is -2.01. The normalized spacial score (nSPS) is 10.8. The fourth-order valence-corrected chi connectivity index (χ4v) is 1.79. The van der Waals surface area contributed by atoms with Gasteiger partial charge in [-0.15, -0.1) is 0 Å². The molecule has 0 unspecified atom stereocenters. The highest BCUT2D eigenvalue weighted by molar-refractivity contribution is 7.51. The van der Waals surface area contributed by atoms with Crippen LogP contribution in [-0.4, -0.2) is 53.8 Å². The summed E-state index contributed by atoms with van der Waals surface area (Å²) >= 11 is 0. The number of esters is 1. The van der Waals surface area contributed by atoms with Crippen LogP contribution in [0.3, 0.4) is 0 Å². The van der Waals surface area contributed by atoms with E-state index < -0.39 is 25.9 Å². The second kappa shape index (κ2) is 7.26. The minimum absolute atomic E-state index is 0.00683. The van der Waals surface area contributed by atoms with Crippen molar-refractivity contribution in [3.05, 3.63) is 0 Å². The van der Waals surface area contributed by atoms with E-state index >= 15 is 0 Å². The lowest BCUT2D eigenvalue weighted by Gasteiger charge is -2.21. The van der Waals surface area contributed by atoms with Crippen LogP contribution in [0.4, 0.5) is 4.79 Å². The first-order valence-corrected chi connectivity index (χ1v) is 6.54. The maximum Gasteiger partial charge on any atom is 0.410 e. The molecule has 8 nitrogen and oxygen atoms in total. The van der Waals surface area contributed by atoms with Crippen molar-refractivity contribution in [1.82, 2.24) is 4.90 Å². The summed E-state index contributed by atoms with van der Waals surface area (Å²) in [6.07, 6.45) is -1.29. The number of nitrogens with zero attached hydrogens (tertiary/aromatic N) is 1. The molecule has 17 heavy (non-hydrogen) atoms. The maximum absolute atomic E-state index is 11.2. The molecule has 0 aliphatic heterocycles. The molecule has 0 rings (SSSR count). The summed E-state index contributed by atoms with van der Waals surface area (Å²) in [5.74, 6) is -0.453. The summed E-state index contributed by atoms with van der Waals surface area (Å²) < 4.78 is 19.5. The first kappa shape index (κ1) is 15.9. The largest absolute Gasteiger partial charge is 0.469 e. The van der Waals surface area contributed by atoms with Gasteiger partial charge in [-0.25, -0.2) is 4.79 Å². The number of carbonyl (C=O) groups excluding carboxylic acids is 2. The van der Waals surface area contributed by atoms with Gasteiger partial charge in [0.2, 0.25) is 0 Å². The first-order valence-electron chi connectivity index (χ1n) is 4.74. The molecule has 0 atom stereocenters. The van der Waals surface area contributed by atoms with E-state index in [1.807, 2.05) is 0 Å². The van der Waals surface area contributed by atoms with Crippen molar-refractivity contribution in [3.8, 4) is 0 Å². The van der Waals surface area contributed by atoms with Crippen molar-refractivity contribution in [3.63, 3.8) is 0 Å². The Kier molecular flexibility index (Phi) is 6.79. The highest BCUT2D eigenvalue weighted by atomic mass is 31.2. The number of carbonyl (C=O) groups is 2. The van der Waals surface area contributed by atoms with Crippen LogP contribution >= 0.6 is 7.60 Å². The highest BCUT2D eigenvalue weighted by Crippen LogP contribution is 2.35. The Labute approximate surface area is 98.7 Å². The number of methoxy groups -OCH3 is 2. The summed E-state index contributed by atoms with van der Waals surface area (Å²) in [4.78, 5) is 40.4. The fraction of sp³-hybridized carbons (Fsp3) is 0.750. The van der Waals surface area contributed by atoms with Gasteiger partial charge in [0.05, 0.1) is 14.2 Å². The van der Waals surface area contributed by atoms with Crippen molar-refractivity contribution < 1.29 is 33.4 Å². The second-order valence-corrected chi connectivity index (χ2v) is 4.83. The molecule has 0 saturated carbocycles. The van der Waals surface area contributed by atoms with E-state index in [-0.39, 0.29) is 19.4 Å². The molecular weight excluding hydrogens is 253 g/mol. The Bertz CT molecular complexity index is 313. The van der Waals surface area contributed by atoms with Crippen molar-refractivity contribution >= 4 is 19.7 Å². The smallest absolute Gasteiger partial charge is 0.410 e. The Morgan fingerprint density at radius 3 is 2.24 bits per heavy atom. The predicted octanol–water partition coefficient (Wildman–Crippen LogP) is 0.143. The molecule has 0 aromatic rings. The van der Waals surface area contributed by atoms with Crippen molar-refractivity contribution in [2.45, 2.75) is 12.8 Å². The molecule has 0 heterocycles. The third-order valence-electron chi connectivity index (χ3n) is 1.82. The zero-order valence-electron chi connectivity index (χ0n) is 9.66. The molecule has 0 bridgehead atoms. The summed E-state index contributed by atoms with van der Waals surface area (Å²) in [6.45, 7) is 0.00683. The van der Waals surface area contributed by atoms with Crippen LogP contribution in [0.2, 0.25) is 0 Å². The van der Waals surface area contributed by atoms with Crippen LogP contribution in [-0.2, 0) is 18.8 Å². The molecule has 0 saturated heterocycles. The van der Waals surface area contributed by atoms with Gasteiger partial charge >= 0.3 is 19.7 Å². The van der Waals surface area contributed by atoms with Gasteiger partial charge in [0.15, 0.2) is 0 Å². The van der Waals surface area contributed by atoms with Crippen LogP contribution < -0.4 is 0 Å².